The van der Waals surface area contributed by atoms with E-state index in [1.165, 1.54) is 0 Å². The van der Waals surface area contributed by atoms with Gasteiger partial charge in [0, 0.05) is 30.1 Å². The molecule has 0 aliphatic carbocycles. The number of hydrogen-bond acceptors (Lipinski definition) is 4. The summed E-state index contributed by atoms with van der Waals surface area (Å²) in [6.45, 7) is 3.39. The van der Waals surface area contributed by atoms with Crippen LogP contribution in [0.1, 0.15) is 22.6 Å². The summed E-state index contributed by atoms with van der Waals surface area (Å²) in [5.74, 6) is 0.403. The predicted molar refractivity (Wildman–Crippen MR) is 86.8 cm³/mol. The Morgan fingerprint density at radius 1 is 1.30 bits per heavy atom. The standard InChI is InChI=1S/C17H16N4O2/c1-11-6-7-12-13(18-11)4-2-5-14(12)19-17(22)15-10-16-21(20-15)8-3-9-23-16/h2,4-7,10H,3,8-9H2,1H3,(H,19,22). The molecule has 2 aromatic heterocycles. The van der Waals surface area contributed by atoms with E-state index in [1.54, 1.807) is 10.7 Å². The van der Waals surface area contributed by atoms with Crippen molar-refractivity contribution in [2.24, 2.45) is 0 Å². The fraction of sp³-hybridized carbons (Fsp3) is 0.235. The highest BCUT2D eigenvalue weighted by atomic mass is 16.5. The first-order chi connectivity index (χ1) is 11.2. The molecule has 1 aliphatic rings. The molecule has 0 atom stereocenters. The van der Waals surface area contributed by atoms with Gasteiger partial charge >= 0.3 is 0 Å². The fourth-order valence-corrected chi connectivity index (χ4v) is 2.73. The van der Waals surface area contributed by atoms with Gasteiger partial charge in [0.2, 0.25) is 5.88 Å². The van der Waals surface area contributed by atoms with Crippen LogP contribution in [0, 0.1) is 6.92 Å². The molecule has 3 aromatic rings. The fourth-order valence-electron chi connectivity index (χ4n) is 2.73. The third-order valence-electron chi connectivity index (χ3n) is 3.86. The number of benzene rings is 1. The van der Waals surface area contributed by atoms with Crippen molar-refractivity contribution in [1.82, 2.24) is 14.8 Å². The number of carbonyl (C=O) groups is 1. The van der Waals surface area contributed by atoms with Gasteiger partial charge in [-0.25, -0.2) is 4.68 Å². The number of anilines is 1. The number of pyridine rings is 1. The van der Waals surface area contributed by atoms with Crippen LogP contribution >= 0.6 is 0 Å². The largest absolute Gasteiger partial charge is 0.478 e. The zero-order valence-corrected chi connectivity index (χ0v) is 12.7. The smallest absolute Gasteiger partial charge is 0.276 e. The molecule has 23 heavy (non-hydrogen) atoms. The van der Waals surface area contributed by atoms with Crippen LogP contribution in [0.4, 0.5) is 5.69 Å². The highest BCUT2D eigenvalue weighted by Gasteiger charge is 2.18. The number of rotatable bonds is 2. The van der Waals surface area contributed by atoms with Crippen molar-refractivity contribution in [2.45, 2.75) is 19.9 Å². The van der Waals surface area contributed by atoms with Crippen LogP contribution in [0.25, 0.3) is 10.9 Å². The number of amides is 1. The van der Waals surface area contributed by atoms with Crippen molar-refractivity contribution in [3.8, 4) is 5.88 Å². The summed E-state index contributed by atoms with van der Waals surface area (Å²) < 4.78 is 7.23. The van der Waals surface area contributed by atoms with E-state index in [9.17, 15) is 4.79 Å². The first kappa shape index (κ1) is 13.8. The first-order valence-corrected chi connectivity index (χ1v) is 7.59. The van der Waals surface area contributed by atoms with Crippen LogP contribution in [0.15, 0.2) is 36.4 Å². The van der Waals surface area contributed by atoms with Crippen molar-refractivity contribution in [3.05, 3.63) is 47.8 Å². The highest BCUT2D eigenvalue weighted by molar-refractivity contribution is 6.07. The SMILES string of the molecule is Cc1ccc2c(NC(=O)c3cc4n(n3)CCCO4)cccc2n1. The van der Waals surface area contributed by atoms with Gasteiger partial charge in [-0.1, -0.05) is 6.07 Å². The van der Waals surface area contributed by atoms with Crippen molar-refractivity contribution in [3.63, 3.8) is 0 Å². The average molecular weight is 308 g/mol. The Morgan fingerprint density at radius 2 is 2.22 bits per heavy atom. The Bertz CT molecular complexity index is 877. The minimum absolute atomic E-state index is 0.247. The number of nitrogens with one attached hydrogen (secondary N) is 1. The van der Waals surface area contributed by atoms with Gasteiger partial charge in [-0.2, -0.15) is 5.10 Å². The number of nitrogens with zero attached hydrogens (tertiary/aromatic N) is 3. The summed E-state index contributed by atoms with van der Waals surface area (Å²) in [5, 5.41) is 8.13. The Morgan fingerprint density at radius 3 is 3.09 bits per heavy atom. The molecule has 1 amide bonds. The quantitative estimate of drug-likeness (QED) is 0.790. The monoisotopic (exact) mass is 308 g/mol. The summed E-state index contributed by atoms with van der Waals surface area (Å²) in [7, 11) is 0. The van der Waals surface area contributed by atoms with Gasteiger partial charge in [0.15, 0.2) is 5.69 Å². The molecule has 6 heteroatoms. The van der Waals surface area contributed by atoms with E-state index >= 15 is 0 Å². The number of aryl methyl sites for hydroxylation is 2. The Balaban J connectivity index is 1.65. The summed E-state index contributed by atoms with van der Waals surface area (Å²) in [6, 6.07) is 11.3. The van der Waals surface area contributed by atoms with Crippen LogP contribution in [-0.2, 0) is 6.54 Å². The van der Waals surface area contributed by atoms with Gasteiger partial charge in [-0.15, -0.1) is 0 Å². The minimum Gasteiger partial charge on any atom is -0.478 e. The average Bonchev–Trinajstić information content (AvgIpc) is 2.99. The summed E-state index contributed by atoms with van der Waals surface area (Å²) in [5.41, 5.74) is 2.89. The predicted octanol–water partition coefficient (Wildman–Crippen LogP) is 2.77. The van der Waals surface area contributed by atoms with Gasteiger partial charge < -0.3 is 10.1 Å². The van der Waals surface area contributed by atoms with Crippen molar-refractivity contribution >= 4 is 22.5 Å². The summed E-state index contributed by atoms with van der Waals surface area (Å²) >= 11 is 0. The lowest BCUT2D eigenvalue weighted by Gasteiger charge is -2.13. The van der Waals surface area contributed by atoms with Crippen LogP contribution < -0.4 is 10.1 Å². The maximum Gasteiger partial charge on any atom is 0.276 e. The molecule has 0 unspecified atom stereocenters. The molecule has 0 saturated heterocycles. The van der Waals surface area contributed by atoms with E-state index in [4.69, 9.17) is 4.74 Å². The molecule has 6 nitrogen and oxygen atoms in total. The number of carbonyl (C=O) groups excluding carboxylic acids is 1. The minimum atomic E-state index is -0.247. The number of aromatic nitrogens is 3. The second kappa shape index (κ2) is 5.39. The Kier molecular flexibility index (Phi) is 3.22. The van der Waals surface area contributed by atoms with Crippen LogP contribution in [0.3, 0.4) is 0 Å². The van der Waals surface area contributed by atoms with Crippen LogP contribution in [-0.4, -0.2) is 27.3 Å². The molecule has 116 valence electrons. The molecule has 0 spiro atoms. The van der Waals surface area contributed by atoms with Crippen molar-refractivity contribution in [1.29, 1.82) is 0 Å². The molecule has 0 bridgehead atoms. The van der Waals surface area contributed by atoms with E-state index < -0.39 is 0 Å². The van der Waals surface area contributed by atoms with Crippen molar-refractivity contribution < 1.29 is 9.53 Å². The lowest BCUT2D eigenvalue weighted by Crippen LogP contribution is -2.16. The second-order valence-electron chi connectivity index (χ2n) is 5.57. The zero-order chi connectivity index (χ0) is 15.8. The van der Waals surface area contributed by atoms with Gasteiger partial charge in [-0.05, 0) is 31.2 Å². The molecular weight excluding hydrogens is 292 g/mol. The summed E-state index contributed by atoms with van der Waals surface area (Å²) in [4.78, 5) is 17.0. The van der Waals surface area contributed by atoms with Gasteiger partial charge in [0.1, 0.15) is 0 Å². The third kappa shape index (κ3) is 2.52. The molecule has 0 fully saturated rings. The Labute approximate surface area is 133 Å². The van der Waals surface area contributed by atoms with E-state index in [2.05, 4.69) is 15.4 Å². The third-order valence-corrected chi connectivity index (χ3v) is 3.86. The molecule has 4 rings (SSSR count). The van der Waals surface area contributed by atoms with E-state index in [0.717, 1.165) is 35.2 Å². The summed E-state index contributed by atoms with van der Waals surface area (Å²) in [6.07, 6.45) is 0.907. The molecule has 1 aromatic carbocycles. The van der Waals surface area contributed by atoms with Gasteiger partial charge in [0.05, 0.1) is 17.8 Å². The lowest BCUT2D eigenvalue weighted by molar-refractivity contribution is 0.102. The number of hydrogen-bond donors (Lipinski definition) is 1. The molecule has 3 heterocycles. The van der Waals surface area contributed by atoms with Gasteiger partial charge in [0.25, 0.3) is 5.91 Å². The highest BCUT2D eigenvalue weighted by Crippen LogP contribution is 2.24. The van der Waals surface area contributed by atoms with Gasteiger partial charge in [-0.3, -0.25) is 9.78 Å². The maximum atomic E-state index is 12.5. The normalized spacial score (nSPS) is 13.4. The Hall–Kier alpha value is -2.89. The van der Waals surface area contributed by atoms with E-state index in [-0.39, 0.29) is 5.91 Å². The second-order valence-corrected chi connectivity index (χ2v) is 5.57. The molecular formula is C17H16N4O2. The topological polar surface area (TPSA) is 69.0 Å². The molecule has 1 N–H and O–H groups in total. The zero-order valence-electron chi connectivity index (χ0n) is 12.7. The molecule has 1 aliphatic heterocycles. The number of fused-ring (bicyclic) bond motifs is 2. The first-order valence-electron chi connectivity index (χ1n) is 7.59. The van der Waals surface area contributed by atoms with E-state index in [0.29, 0.717) is 18.2 Å². The lowest BCUT2D eigenvalue weighted by atomic mass is 10.1. The van der Waals surface area contributed by atoms with Crippen LogP contribution in [0.5, 0.6) is 5.88 Å². The van der Waals surface area contributed by atoms with Crippen molar-refractivity contribution in [2.75, 3.05) is 11.9 Å². The number of ether oxygens (including phenoxy) is 1. The van der Waals surface area contributed by atoms with Crippen LogP contribution in [0.2, 0.25) is 0 Å². The van der Waals surface area contributed by atoms with E-state index in [1.807, 2.05) is 37.3 Å². The maximum absolute atomic E-state index is 12.5. The molecule has 0 saturated carbocycles. The molecule has 0 radical (unpaired) electrons.